The number of nitrogens with one attached hydrogen (secondary N) is 2. The summed E-state index contributed by atoms with van der Waals surface area (Å²) >= 11 is 3.33. The smallest absolute Gasteiger partial charge is 0.266 e. The number of anilines is 1. The summed E-state index contributed by atoms with van der Waals surface area (Å²) in [4.78, 5) is 16.6. The first-order chi connectivity index (χ1) is 12.3. The van der Waals surface area contributed by atoms with E-state index in [0.29, 0.717) is 5.56 Å². The van der Waals surface area contributed by atoms with E-state index in [1.165, 1.54) is 12.1 Å². The lowest BCUT2D eigenvalue weighted by atomic mass is 10.2. The number of hydrogen-bond acceptors (Lipinski definition) is 4. The third-order valence-electron chi connectivity index (χ3n) is 4.00. The van der Waals surface area contributed by atoms with Gasteiger partial charge < -0.3 is 4.90 Å². The monoisotopic (exact) mass is 439 g/mol. The lowest BCUT2D eigenvalue weighted by molar-refractivity contribution is 0.0945. The van der Waals surface area contributed by atoms with Crippen molar-refractivity contribution in [2.45, 2.75) is 25.7 Å². The molecule has 8 heteroatoms. The summed E-state index contributed by atoms with van der Waals surface area (Å²) in [6.07, 6.45) is 0. The highest BCUT2D eigenvalue weighted by Gasteiger charge is 2.16. The second-order valence-corrected chi connectivity index (χ2v) is 8.23. The van der Waals surface area contributed by atoms with Crippen molar-refractivity contribution in [3.05, 3.63) is 58.1 Å². The van der Waals surface area contributed by atoms with Gasteiger partial charge >= 0.3 is 0 Å². The van der Waals surface area contributed by atoms with Gasteiger partial charge in [-0.3, -0.25) is 10.2 Å². The molecule has 2 aromatic rings. The Hall–Kier alpha value is -1.90. The fourth-order valence-electron chi connectivity index (χ4n) is 2.44. The van der Waals surface area contributed by atoms with Crippen molar-refractivity contribution in [3.8, 4) is 0 Å². The number of halogens is 1. The van der Waals surface area contributed by atoms with Crippen molar-refractivity contribution in [3.63, 3.8) is 0 Å². The van der Waals surface area contributed by atoms with E-state index in [-0.39, 0.29) is 4.90 Å². The SMILES string of the molecule is CCN(CC)c1ccc(C(=O)NNS(=O)(=O)c2ccc(Br)c(C)c2)cc1. The third-order valence-corrected chi connectivity index (χ3v) is 6.13. The van der Waals surface area contributed by atoms with Crippen LogP contribution in [-0.2, 0) is 10.0 Å². The molecule has 0 unspecified atom stereocenters. The number of carbonyl (C=O) groups is 1. The van der Waals surface area contributed by atoms with E-state index < -0.39 is 15.9 Å². The zero-order chi connectivity index (χ0) is 19.3. The summed E-state index contributed by atoms with van der Waals surface area (Å²) in [7, 11) is -3.84. The number of hydrazine groups is 1. The Balaban J connectivity index is 2.06. The highest BCUT2D eigenvalue weighted by molar-refractivity contribution is 9.10. The van der Waals surface area contributed by atoms with Gasteiger partial charge in [-0.2, -0.15) is 0 Å². The van der Waals surface area contributed by atoms with Gasteiger partial charge in [0.25, 0.3) is 15.9 Å². The number of aryl methyl sites for hydroxylation is 1. The minimum absolute atomic E-state index is 0.0791. The average molecular weight is 440 g/mol. The molecule has 6 nitrogen and oxygen atoms in total. The molecule has 0 spiro atoms. The molecule has 1 amide bonds. The molecule has 0 aromatic heterocycles. The molecule has 0 atom stereocenters. The molecule has 0 saturated carbocycles. The van der Waals surface area contributed by atoms with E-state index in [2.05, 4.69) is 44.9 Å². The molecule has 2 rings (SSSR count). The van der Waals surface area contributed by atoms with Crippen molar-refractivity contribution in [2.75, 3.05) is 18.0 Å². The zero-order valence-corrected chi connectivity index (χ0v) is 17.3. The fourth-order valence-corrected chi connectivity index (χ4v) is 3.61. The van der Waals surface area contributed by atoms with Crippen LogP contribution in [0.25, 0.3) is 0 Å². The Labute approximate surface area is 162 Å². The van der Waals surface area contributed by atoms with E-state index in [1.54, 1.807) is 25.1 Å². The quantitative estimate of drug-likeness (QED) is 0.649. The average Bonchev–Trinajstić information content (AvgIpc) is 2.63. The standard InChI is InChI=1S/C18H22BrN3O3S/c1-4-22(5-2)15-8-6-14(7-9-15)18(23)20-21-26(24,25)16-10-11-17(19)13(3)12-16/h6-12,21H,4-5H2,1-3H3,(H,20,23). The van der Waals surface area contributed by atoms with Crippen LogP contribution in [0.5, 0.6) is 0 Å². The second-order valence-electron chi connectivity index (χ2n) is 5.69. The van der Waals surface area contributed by atoms with Crippen LogP contribution in [0.15, 0.2) is 51.8 Å². The fraction of sp³-hybridized carbons (Fsp3) is 0.278. The minimum Gasteiger partial charge on any atom is -0.372 e. The third kappa shape index (κ3) is 4.84. The van der Waals surface area contributed by atoms with Gasteiger partial charge in [0.15, 0.2) is 0 Å². The molecule has 0 radical (unpaired) electrons. The van der Waals surface area contributed by atoms with Crippen LogP contribution in [0.2, 0.25) is 0 Å². The second kappa shape index (κ2) is 8.66. The summed E-state index contributed by atoms with van der Waals surface area (Å²) in [5.74, 6) is -0.520. The van der Waals surface area contributed by atoms with Crippen LogP contribution in [0.3, 0.4) is 0 Å². The van der Waals surface area contributed by atoms with Crippen LogP contribution in [0.1, 0.15) is 29.8 Å². The van der Waals surface area contributed by atoms with Gasteiger partial charge in [0.2, 0.25) is 0 Å². The number of amides is 1. The molecule has 0 aliphatic heterocycles. The predicted octanol–water partition coefficient (Wildman–Crippen LogP) is 3.23. The highest BCUT2D eigenvalue weighted by atomic mass is 79.9. The van der Waals surface area contributed by atoms with Crippen LogP contribution in [0.4, 0.5) is 5.69 Å². The normalized spacial score (nSPS) is 11.2. The molecule has 2 N–H and O–H groups in total. The summed E-state index contributed by atoms with van der Waals surface area (Å²) in [5.41, 5.74) is 4.41. The van der Waals surface area contributed by atoms with E-state index in [9.17, 15) is 13.2 Å². The van der Waals surface area contributed by atoms with Gasteiger partial charge in [-0.05, 0) is 68.8 Å². The lowest BCUT2D eigenvalue weighted by Gasteiger charge is -2.21. The minimum atomic E-state index is -3.84. The van der Waals surface area contributed by atoms with Gasteiger partial charge in [0.05, 0.1) is 4.90 Å². The van der Waals surface area contributed by atoms with Crippen LogP contribution in [0, 0.1) is 6.92 Å². The van der Waals surface area contributed by atoms with Crippen molar-refractivity contribution in [1.29, 1.82) is 0 Å². The van der Waals surface area contributed by atoms with Crippen LogP contribution < -0.4 is 15.2 Å². The number of nitrogens with zero attached hydrogens (tertiary/aromatic N) is 1. The molecule has 0 aliphatic carbocycles. The molecule has 0 bridgehead atoms. The molecule has 2 aromatic carbocycles. The first-order valence-corrected chi connectivity index (χ1v) is 10.5. The van der Waals surface area contributed by atoms with Crippen LogP contribution >= 0.6 is 15.9 Å². The van der Waals surface area contributed by atoms with Gasteiger partial charge in [0.1, 0.15) is 0 Å². The number of rotatable bonds is 7. The number of benzene rings is 2. The van der Waals surface area contributed by atoms with Gasteiger partial charge in [-0.25, -0.2) is 8.42 Å². The Bertz CT molecular complexity index is 879. The first-order valence-electron chi connectivity index (χ1n) is 8.21. The molecular formula is C18H22BrN3O3S. The van der Waals surface area contributed by atoms with Crippen LogP contribution in [-0.4, -0.2) is 27.4 Å². The maximum atomic E-state index is 12.3. The number of sulfonamides is 1. The van der Waals surface area contributed by atoms with E-state index in [1.807, 2.05) is 12.1 Å². The van der Waals surface area contributed by atoms with E-state index in [0.717, 1.165) is 28.8 Å². The van der Waals surface area contributed by atoms with Gasteiger partial charge in [-0.1, -0.05) is 15.9 Å². The maximum Gasteiger partial charge on any atom is 0.266 e. The Morgan fingerprint density at radius 3 is 2.23 bits per heavy atom. The summed E-state index contributed by atoms with van der Waals surface area (Å²) in [6.45, 7) is 7.65. The van der Waals surface area contributed by atoms with Gasteiger partial charge in [0, 0.05) is 28.8 Å². The topological polar surface area (TPSA) is 78.5 Å². The summed E-state index contributed by atoms with van der Waals surface area (Å²) < 4.78 is 25.4. The predicted molar refractivity (Wildman–Crippen MR) is 107 cm³/mol. The Morgan fingerprint density at radius 1 is 1.08 bits per heavy atom. The molecule has 0 saturated heterocycles. The first kappa shape index (κ1) is 20.4. The summed E-state index contributed by atoms with van der Waals surface area (Å²) in [5, 5.41) is 0. The molecule has 140 valence electrons. The van der Waals surface area contributed by atoms with Crippen molar-refractivity contribution >= 4 is 37.5 Å². The Kier molecular flexibility index (Phi) is 6.80. The van der Waals surface area contributed by atoms with E-state index in [4.69, 9.17) is 0 Å². The molecule has 0 fully saturated rings. The molecule has 0 aliphatic rings. The lowest BCUT2D eigenvalue weighted by Crippen LogP contribution is -2.41. The zero-order valence-electron chi connectivity index (χ0n) is 14.9. The highest BCUT2D eigenvalue weighted by Crippen LogP contribution is 2.20. The molecular weight excluding hydrogens is 418 g/mol. The van der Waals surface area contributed by atoms with Crippen molar-refractivity contribution in [1.82, 2.24) is 10.3 Å². The summed E-state index contributed by atoms with van der Waals surface area (Å²) in [6, 6.07) is 11.7. The van der Waals surface area contributed by atoms with Crippen molar-refractivity contribution in [2.24, 2.45) is 0 Å². The number of carbonyl (C=O) groups excluding carboxylic acids is 1. The van der Waals surface area contributed by atoms with Gasteiger partial charge in [-0.15, -0.1) is 4.83 Å². The number of hydrogen-bond donors (Lipinski definition) is 2. The maximum absolute atomic E-state index is 12.3. The molecule has 26 heavy (non-hydrogen) atoms. The van der Waals surface area contributed by atoms with Crippen molar-refractivity contribution < 1.29 is 13.2 Å². The molecule has 0 heterocycles. The van der Waals surface area contributed by atoms with E-state index >= 15 is 0 Å². The largest absolute Gasteiger partial charge is 0.372 e. The Morgan fingerprint density at radius 2 is 1.69 bits per heavy atom.